The zero-order valence-corrected chi connectivity index (χ0v) is 11.9. The van der Waals surface area contributed by atoms with E-state index in [0.717, 1.165) is 24.3 Å². The lowest BCUT2D eigenvalue weighted by atomic mass is 10.1. The van der Waals surface area contributed by atoms with Gasteiger partial charge in [-0.3, -0.25) is 4.79 Å². The van der Waals surface area contributed by atoms with E-state index in [9.17, 15) is 4.79 Å². The van der Waals surface area contributed by atoms with Crippen LogP contribution in [-0.4, -0.2) is 23.7 Å². The molecule has 3 atom stereocenters. The number of aliphatic hydroxyl groups excluding tert-OH is 1. The van der Waals surface area contributed by atoms with Gasteiger partial charge in [0.25, 0.3) is 0 Å². The molecule has 0 bridgehead atoms. The minimum Gasteiger partial charge on any atom is -0.396 e. The highest BCUT2D eigenvalue weighted by Gasteiger charge is 2.43. The predicted octanol–water partition coefficient (Wildman–Crippen LogP) is 2.72. The smallest absolute Gasteiger partial charge is 0.223 e. The third-order valence-corrected chi connectivity index (χ3v) is 3.86. The Balaban J connectivity index is 1.82. The molecule has 1 fully saturated rings. The highest BCUT2D eigenvalue weighted by molar-refractivity contribution is 6.30. The molecule has 19 heavy (non-hydrogen) atoms. The maximum absolute atomic E-state index is 12.0. The summed E-state index contributed by atoms with van der Waals surface area (Å²) < 4.78 is 0. The molecule has 1 aliphatic rings. The Morgan fingerprint density at radius 2 is 2.16 bits per heavy atom. The van der Waals surface area contributed by atoms with Crippen molar-refractivity contribution in [3.8, 4) is 0 Å². The van der Waals surface area contributed by atoms with Crippen molar-refractivity contribution in [3.63, 3.8) is 0 Å². The molecule has 0 heterocycles. The van der Waals surface area contributed by atoms with Gasteiger partial charge in [0.15, 0.2) is 0 Å². The van der Waals surface area contributed by atoms with Crippen LogP contribution in [0.3, 0.4) is 0 Å². The molecule has 2 rings (SSSR count). The number of amides is 1. The molecule has 2 N–H and O–H groups in total. The van der Waals surface area contributed by atoms with E-state index in [2.05, 4.69) is 5.32 Å². The molecule has 0 aromatic heterocycles. The van der Waals surface area contributed by atoms with Crippen molar-refractivity contribution >= 4 is 17.5 Å². The first-order valence-corrected chi connectivity index (χ1v) is 7.16. The second kappa shape index (κ2) is 6.40. The van der Waals surface area contributed by atoms with Gasteiger partial charge in [-0.05, 0) is 49.8 Å². The second-order valence-corrected chi connectivity index (χ2v) is 5.71. The van der Waals surface area contributed by atoms with Gasteiger partial charge in [-0.2, -0.15) is 0 Å². The lowest BCUT2D eigenvalue weighted by Crippen LogP contribution is -2.34. The van der Waals surface area contributed by atoms with Crippen LogP contribution in [0.5, 0.6) is 0 Å². The van der Waals surface area contributed by atoms with Crippen molar-refractivity contribution in [2.75, 3.05) is 6.61 Å². The van der Waals surface area contributed by atoms with Gasteiger partial charge in [0, 0.05) is 23.6 Å². The standard InChI is InChI=1S/C15H20ClNO2/c1-10(3-2-8-18)17-15(19)14-9-13(14)11-4-6-12(16)7-5-11/h4-7,10,13-14,18H,2-3,8-9H2,1H3,(H,17,19). The minimum atomic E-state index is 0.0951. The van der Waals surface area contributed by atoms with E-state index in [1.54, 1.807) is 0 Å². The van der Waals surface area contributed by atoms with E-state index >= 15 is 0 Å². The van der Waals surface area contributed by atoms with Gasteiger partial charge in [-0.1, -0.05) is 23.7 Å². The van der Waals surface area contributed by atoms with Gasteiger partial charge < -0.3 is 10.4 Å². The summed E-state index contributed by atoms with van der Waals surface area (Å²) in [6, 6.07) is 7.86. The molecule has 1 amide bonds. The predicted molar refractivity (Wildman–Crippen MR) is 76.2 cm³/mol. The third-order valence-electron chi connectivity index (χ3n) is 3.61. The topological polar surface area (TPSA) is 49.3 Å². The number of nitrogens with one attached hydrogen (secondary N) is 1. The maximum atomic E-state index is 12.0. The van der Waals surface area contributed by atoms with E-state index in [4.69, 9.17) is 16.7 Å². The van der Waals surface area contributed by atoms with E-state index in [1.807, 2.05) is 31.2 Å². The Hall–Kier alpha value is -1.06. The fraction of sp³-hybridized carbons (Fsp3) is 0.533. The molecule has 1 aromatic rings. The molecule has 104 valence electrons. The largest absolute Gasteiger partial charge is 0.396 e. The fourth-order valence-corrected chi connectivity index (χ4v) is 2.51. The summed E-state index contributed by atoms with van der Waals surface area (Å²) >= 11 is 5.85. The first kappa shape index (κ1) is 14.4. The third kappa shape index (κ3) is 3.95. The van der Waals surface area contributed by atoms with Crippen LogP contribution in [0.1, 0.15) is 37.7 Å². The molecule has 3 nitrogen and oxygen atoms in total. The van der Waals surface area contributed by atoms with Gasteiger partial charge in [0.1, 0.15) is 0 Å². The average Bonchev–Trinajstić information content (AvgIpc) is 3.17. The van der Waals surface area contributed by atoms with Crippen molar-refractivity contribution < 1.29 is 9.90 Å². The molecule has 3 unspecified atom stereocenters. The van der Waals surface area contributed by atoms with Crippen LogP contribution >= 0.6 is 11.6 Å². The normalized spacial score (nSPS) is 22.9. The number of hydrogen-bond acceptors (Lipinski definition) is 2. The van der Waals surface area contributed by atoms with Crippen molar-refractivity contribution in [2.24, 2.45) is 5.92 Å². The zero-order valence-electron chi connectivity index (χ0n) is 11.1. The maximum Gasteiger partial charge on any atom is 0.223 e. The molecule has 0 radical (unpaired) electrons. The van der Waals surface area contributed by atoms with Crippen molar-refractivity contribution in [1.29, 1.82) is 0 Å². The van der Waals surface area contributed by atoms with E-state index < -0.39 is 0 Å². The highest BCUT2D eigenvalue weighted by Crippen LogP contribution is 2.47. The van der Waals surface area contributed by atoms with Gasteiger partial charge in [0.05, 0.1) is 0 Å². The Bertz CT molecular complexity index is 432. The summed E-state index contributed by atoms with van der Waals surface area (Å²) in [4.78, 5) is 12.0. The van der Waals surface area contributed by atoms with E-state index in [1.165, 1.54) is 5.56 Å². The lowest BCUT2D eigenvalue weighted by Gasteiger charge is -2.13. The molecule has 0 saturated heterocycles. The van der Waals surface area contributed by atoms with Crippen LogP contribution in [0.15, 0.2) is 24.3 Å². The molecular formula is C15H20ClNO2. The minimum absolute atomic E-state index is 0.0951. The first-order valence-electron chi connectivity index (χ1n) is 6.78. The van der Waals surface area contributed by atoms with Crippen LogP contribution in [-0.2, 0) is 4.79 Å². The molecule has 1 aliphatic carbocycles. The van der Waals surface area contributed by atoms with Crippen LogP contribution in [0.25, 0.3) is 0 Å². The summed E-state index contributed by atoms with van der Waals surface area (Å²) in [5.74, 6) is 0.561. The molecule has 0 spiro atoms. The van der Waals surface area contributed by atoms with Crippen LogP contribution in [0.2, 0.25) is 5.02 Å². The van der Waals surface area contributed by atoms with Gasteiger partial charge in [-0.25, -0.2) is 0 Å². The molecular weight excluding hydrogens is 262 g/mol. The Labute approximate surface area is 119 Å². The number of aliphatic hydroxyl groups is 1. The molecule has 1 saturated carbocycles. The van der Waals surface area contributed by atoms with Crippen molar-refractivity contribution in [2.45, 2.75) is 38.1 Å². The summed E-state index contributed by atoms with van der Waals surface area (Å²) in [5.41, 5.74) is 1.19. The Kier molecular flexibility index (Phi) is 4.83. The first-order chi connectivity index (χ1) is 9.11. The summed E-state index contributed by atoms with van der Waals surface area (Å²) in [7, 11) is 0. The monoisotopic (exact) mass is 281 g/mol. The SMILES string of the molecule is CC(CCCO)NC(=O)C1CC1c1ccc(Cl)cc1. The Morgan fingerprint density at radius 1 is 1.47 bits per heavy atom. The average molecular weight is 282 g/mol. The highest BCUT2D eigenvalue weighted by atomic mass is 35.5. The number of carbonyl (C=O) groups excluding carboxylic acids is 1. The van der Waals surface area contributed by atoms with Crippen molar-refractivity contribution in [3.05, 3.63) is 34.9 Å². The van der Waals surface area contributed by atoms with Crippen LogP contribution in [0.4, 0.5) is 0 Å². The van der Waals surface area contributed by atoms with Crippen molar-refractivity contribution in [1.82, 2.24) is 5.32 Å². The van der Waals surface area contributed by atoms with E-state index in [0.29, 0.717) is 5.92 Å². The summed E-state index contributed by atoms with van der Waals surface area (Å²) in [6.07, 6.45) is 2.47. The zero-order chi connectivity index (χ0) is 13.8. The molecule has 0 aliphatic heterocycles. The van der Waals surface area contributed by atoms with Gasteiger partial charge in [-0.15, -0.1) is 0 Å². The number of rotatable bonds is 6. The van der Waals surface area contributed by atoms with Gasteiger partial charge >= 0.3 is 0 Å². The summed E-state index contributed by atoms with van der Waals surface area (Å²) in [6.45, 7) is 2.16. The van der Waals surface area contributed by atoms with E-state index in [-0.39, 0.29) is 24.5 Å². The number of carbonyl (C=O) groups is 1. The Morgan fingerprint density at radius 3 is 2.79 bits per heavy atom. The number of hydrogen-bond donors (Lipinski definition) is 2. The summed E-state index contributed by atoms with van der Waals surface area (Å²) in [5, 5.41) is 12.5. The lowest BCUT2D eigenvalue weighted by molar-refractivity contribution is -0.123. The van der Waals surface area contributed by atoms with Gasteiger partial charge in [0.2, 0.25) is 5.91 Å². The molecule has 4 heteroatoms. The van der Waals surface area contributed by atoms with Crippen LogP contribution < -0.4 is 5.32 Å². The number of halogens is 1. The second-order valence-electron chi connectivity index (χ2n) is 5.28. The fourth-order valence-electron chi connectivity index (χ4n) is 2.38. The number of benzene rings is 1. The molecule has 1 aromatic carbocycles. The van der Waals surface area contributed by atoms with Crippen LogP contribution in [0, 0.1) is 5.92 Å². The quantitative estimate of drug-likeness (QED) is 0.842.